The van der Waals surface area contributed by atoms with Crippen LogP contribution in [0, 0.1) is 0 Å². The fourth-order valence-electron chi connectivity index (χ4n) is 7.25. The molecule has 6 heteroatoms. The Hall–Kier alpha value is -4.45. The highest BCUT2D eigenvalue weighted by Gasteiger charge is 2.19. The molecule has 0 radical (unpaired) electrons. The summed E-state index contributed by atoms with van der Waals surface area (Å²) in [7, 11) is 0. The van der Waals surface area contributed by atoms with Gasteiger partial charge in [-0.1, -0.05) is 212 Å². The van der Waals surface area contributed by atoms with Crippen LogP contribution in [0.25, 0.3) is 0 Å². The van der Waals surface area contributed by atoms with E-state index in [1.807, 2.05) is 0 Å². The summed E-state index contributed by atoms with van der Waals surface area (Å²) in [4.78, 5) is 38.1. The van der Waals surface area contributed by atoms with Crippen LogP contribution in [-0.2, 0) is 28.6 Å². The largest absolute Gasteiger partial charge is 0.462 e. The molecule has 0 aromatic rings. The molecule has 0 aromatic heterocycles. The summed E-state index contributed by atoms with van der Waals surface area (Å²) in [6, 6.07) is 0. The summed E-state index contributed by atoms with van der Waals surface area (Å²) in [5.74, 6) is -1.04. The predicted octanol–water partition coefficient (Wildman–Crippen LogP) is 19.4. The van der Waals surface area contributed by atoms with E-state index in [1.165, 1.54) is 77.0 Å². The van der Waals surface area contributed by atoms with E-state index >= 15 is 0 Å². The number of rotatable bonds is 50. The summed E-state index contributed by atoms with van der Waals surface area (Å²) in [5.41, 5.74) is 0. The maximum atomic E-state index is 12.9. The highest BCUT2D eigenvalue weighted by atomic mass is 16.6. The first-order valence-corrected chi connectivity index (χ1v) is 28.7. The lowest BCUT2D eigenvalue weighted by atomic mass is 10.1. The molecule has 0 aliphatic rings. The number of unbranched alkanes of at least 4 members (excludes halogenated alkanes) is 17. The molecule has 0 amide bonds. The molecule has 71 heavy (non-hydrogen) atoms. The third kappa shape index (κ3) is 56.3. The van der Waals surface area contributed by atoms with Crippen molar-refractivity contribution in [2.45, 2.75) is 245 Å². The van der Waals surface area contributed by atoms with Crippen LogP contribution in [0.5, 0.6) is 0 Å². The average Bonchev–Trinajstić information content (AvgIpc) is 3.37. The molecule has 0 aromatic carbocycles. The third-order valence-electron chi connectivity index (χ3n) is 11.6. The van der Waals surface area contributed by atoms with Crippen LogP contribution in [0.1, 0.15) is 239 Å². The summed E-state index contributed by atoms with van der Waals surface area (Å²) in [5, 5.41) is 0. The number of esters is 3. The first-order chi connectivity index (χ1) is 35.0. The molecule has 0 spiro atoms. The SMILES string of the molecule is CCCCC/C=C\C/C=C\C/C=C\C/C=C\CCCCCC(=O)O[C@H](COC(=O)CCC/C=C\C/C=C\C/C=C\C/C=C\CCCCC)COC(=O)CCCCCC/C=C\C/C=C\C/C=C\CCCCC. The fourth-order valence-corrected chi connectivity index (χ4v) is 7.25. The van der Waals surface area contributed by atoms with Gasteiger partial charge in [-0.15, -0.1) is 0 Å². The Morgan fingerprint density at radius 3 is 0.845 bits per heavy atom. The second-order valence-corrected chi connectivity index (χ2v) is 18.5. The number of carbonyl (C=O) groups excluding carboxylic acids is 3. The summed E-state index contributed by atoms with van der Waals surface area (Å²) >= 11 is 0. The lowest BCUT2D eigenvalue weighted by Crippen LogP contribution is -2.30. The minimum Gasteiger partial charge on any atom is -0.462 e. The van der Waals surface area contributed by atoms with Gasteiger partial charge in [-0.05, 0) is 141 Å². The summed E-state index contributed by atoms with van der Waals surface area (Å²) < 4.78 is 16.8. The van der Waals surface area contributed by atoms with Gasteiger partial charge in [0.25, 0.3) is 0 Å². The van der Waals surface area contributed by atoms with E-state index in [2.05, 4.69) is 154 Å². The van der Waals surface area contributed by atoms with Crippen molar-refractivity contribution in [3.05, 3.63) is 134 Å². The number of hydrogen-bond donors (Lipinski definition) is 0. The van der Waals surface area contributed by atoms with E-state index in [1.54, 1.807) is 0 Å². The van der Waals surface area contributed by atoms with E-state index in [-0.39, 0.29) is 44.0 Å². The molecule has 0 fully saturated rings. The zero-order valence-corrected chi connectivity index (χ0v) is 45.7. The molecule has 400 valence electrons. The Morgan fingerprint density at radius 2 is 0.521 bits per heavy atom. The molecular weight excluding hydrogens is 877 g/mol. The Bertz CT molecular complexity index is 1550. The molecule has 0 unspecified atom stereocenters. The van der Waals surface area contributed by atoms with Crippen molar-refractivity contribution in [3.8, 4) is 0 Å². The van der Waals surface area contributed by atoms with Gasteiger partial charge in [0.2, 0.25) is 0 Å². The van der Waals surface area contributed by atoms with Gasteiger partial charge < -0.3 is 14.2 Å². The second kappa shape index (κ2) is 58.1. The molecule has 0 aliphatic carbocycles. The van der Waals surface area contributed by atoms with E-state index in [0.717, 1.165) is 109 Å². The number of allylic oxidation sites excluding steroid dienone is 22. The zero-order valence-electron chi connectivity index (χ0n) is 45.7. The van der Waals surface area contributed by atoms with E-state index < -0.39 is 6.10 Å². The molecule has 0 heterocycles. The maximum Gasteiger partial charge on any atom is 0.306 e. The van der Waals surface area contributed by atoms with Crippen LogP contribution < -0.4 is 0 Å². The van der Waals surface area contributed by atoms with Gasteiger partial charge in [0.05, 0.1) is 0 Å². The van der Waals surface area contributed by atoms with Gasteiger partial charge in [-0.2, -0.15) is 0 Å². The van der Waals surface area contributed by atoms with Crippen LogP contribution in [0.2, 0.25) is 0 Å². The number of hydrogen-bond acceptors (Lipinski definition) is 6. The van der Waals surface area contributed by atoms with E-state index in [4.69, 9.17) is 14.2 Å². The van der Waals surface area contributed by atoms with Crippen molar-refractivity contribution < 1.29 is 28.6 Å². The molecule has 0 N–H and O–H groups in total. The highest BCUT2D eigenvalue weighted by Crippen LogP contribution is 2.11. The van der Waals surface area contributed by atoms with E-state index in [0.29, 0.717) is 19.3 Å². The Labute approximate surface area is 436 Å². The summed E-state index contributed by atoms with van der Waals surface area (Å²) in [6.45, 7) is 6.45. The smallest absolute Gasteiger partial charge is 0.306 e. The van der Waals surface area contributed by atoms with Crippen molar-refractivity contribution in [2.24, 2.45) is 0 Å². The maximum absolute atomic E-state index is 12.9. The molecule has 0 saturated heterocycles. The highest BCUT2D eigenvalue weighted by molar-refractivity contribution is 5.71. The molecule has 0 bridgehead atoms. The lowest BCUT2D eigenvalue weighted by molar-refractivity contribution is -0.167. The average molecular weight is 982 g/mol. The minimum atomic E-state index is -0.832. The molecule has 0 saturated carbocycles. The Balaban J connectivity index is 4.60. The van der Waals surface area contributed by atoms with Crippen LogP contribution in [0.3, 0.4) is 0 Å². The minimum absolute atomic E-state index is 0.124. The number of carbonyl (C=O) groups is 3. The van der Waals surface area contributed by atoms with Crippen molar-refractivity contribution in [2.75, 3.05) is 13.2 Å². The monoisotopic (exact) mass is 981 g/mol. The van der Waals surface area contributed by atoms with Crippen LogP contribution >= 0.6 is 0 Å². The van der Waals surface area contributed by atoms with Gasteiger partial charge in [0, 0.05) is 19.3 Å². The molecule has 1 atom stereocenters. The molecule has 0 rings (SSSR count). The normalized spacial score (nSPS) is 13.1. The Morgan fingerprint density at radius 1 is 0.282 bits per heavy atom. The van der Waals surface area contributed by atoms with Gasteiger partial charge >= 0.3 is 17.9 Å². The zero-order chi connectivity index (χ0) is 51.4. The van der Waals surface area contributed by atoms with Crippen LogP contribution in [-0.4, -0.2) is 37.2 Å². The number of ether oxygens (including phenoxy) is 3. The van der Waals surface area contributed by atoms with Crippen molar-refractivity contribution >= 4 is 17.9 Å². The van der Waals surface area contributed by atoms with Crippen molar-refractivity contribution in [3.63, 3.8) is 0 Å². The predicted molar refractivity (Wildman–Crippen MR) is 306 cm³/mol. The first-order valence-electron chi connectivity index (χ1n) is 28.7. The second-order valence-electron chi connectivity index (χ2n) is 18.5. The molecule has 6 nitrogen and oxygen atoms in total. The van der Waals surface area contributed by atoms with Gasteiger partial charge in [0.15, 0.2) is 6.10 Å². The van der Waals surface area contributed by atoms with Crippen LogP contribution in [0.15, 0.2) is 134 Å². The van der Waals surface area contributed by atoms with Gasteiger partial charge in [-0.3, -0.25) is 14.4 Å². The third-order valence-corrected chi connectivity index (χ3v) is 11.6. The van der Waals surface area contributed by atoms with Crippen molar-refractivity contribution in [1.82, 2.24) is 0 Å². The first kappa shape index (κ1) is 66.6. The quantitative estimate of drug-likeness (QED) is 0.0262. The van der Waals surface area contributed by atoms with Crippen molar-refractivity contribution in [1.29, 1.82) is 0 Å². The lowest BCUT2D eigenvalue weighted by Gasteiger charge is -2.18. The topological polar surface area (TPSA) is 78.9 Å². The fraction of sp³-hybridized carbons (Fsp3) is 0.615. The molecule has 0 aliphatic heterocycles. The van der Waals surface area contributed by atoms with Crippen LogP contribution in [0.4, 0.5) is 0 Å². The molecular formula is C65H104O6. The van der Waals surface area contributed by atoms with Gasteiger partial charge in [0.1, 0.15) is 13.2 Å². The summed E-state index contributed by atoms with van der Waals surface area (Å²) in [6.07, 6.45) is 81.5. The standard InChI is InChI=1S/C65H104O6/c1-4-7-10-13-16-19-22-25-28-31-32-35-38-41-44-47-50-53-56-59-65(68)71-62(60-69-63(66)57-54-51-48-45-42-39-36-33-29-26-23-20-17-14-11-8-5-2)61-70-64(67)58-55-52-49-46-43-40-37-34-30-27-24-21-18-15-12-9-6-3/h16-21,25-30,32,35-37,39-41,44-45,48,62H,4-15,22-24,31,33-34,38,42-43,46-47,49-61H2,1-3H3/b19-16-,20-17-,21-18-,28-25-,29-26-,30-27-,35-32-,39-36-,40-37-,44-41-,48-45-/t62-/m1/s1. The Kier molecular flexibility index (Phi) is 54.5. The van der Waals surface area contributed by atoms with E-state index in [9.17, 15) is 14.4 Å². The van der Waals surface area contributed by atoms with Gasteiger partial charge in [-0.25, -0.2) is 0 Å².